The first-order valence-corrected chi connectivity index (χ1v) is 10.1. The van der Waals surface area contributed by atoms with Crippen molar-refractivity contribution in [2.45, 2.75) is 33.9 Å². The number of carbonyl (C=O) groups is 1. The molecule has 0 saturated carbocycles. The molecule has 0 unspecified atom stereocenters. The number of aryl methyl sites for hydroxylation is 2. The average molecular weight is 404 g/mol. The highest BCUT2D eigenvalue weighted by Crippen LogP contribution is 2.27. The minimum Gasteiger partial charge on any atom is -0.496 e. The summed E-state index contributed by atoms with van der Waals surface area (Å²) in [5.74, 6) is 1.53. The van der Waals surface area contributed by atoms with Gasteiger partial charge in [0.1, 0.15) is 18.1 Å². The summed E-state index contributed by atoms with van der Waals surface area (Å²) in [7, 11) is 3.44. The Bertz CT molecular complexity index is 1030. The van der Waals surface area contributed by atoms with E-state index in [1.807, 2.05) is 55.6 Å². The van der Waals surface area contributed by atoms with Gasteiger partial charge in [-0.05, 0) is 67.3 Å². The van der Waals surface area contributed by atoms with Gasteiger partial charge in [-0.2, -0.15) is 0 Å². The molecular weight excluding hydrogens is 374 g/mol. The van der Waals surface area contributed by atoms with Crippen LogP contribution in [0.4, 0.5) is 0 Å². The SMILES string of the molecule is COc1ccc(C(=O)N(C)Cc2ccccc2)cc1COc1cc(C)cc(C)c1C. The molecule has 30 heavy (non-hydrogen) atoms. The van der Waals surface area contributed by atoms with Gasteiger partial charge in [0.25, 0.3) is 5.91 Å². The summed E-state index contributed by atoms with van der Waals surface area (Å²) in [6.45, 7) is 7.08. The van der Waals surface area contributed by atoms with E-state index in [2.05, 4.69) is 26.8 Å². The molecule has 0 radical (unpaired) electrons. The number of ether oxygens (including phenoxy) is 2. The zero-order valence-electron chi connectivity index (χ0n) is 18.4. The molecule has 0 saturated heterocycles. The third-order valence-electron chi connectivity index (χ3n) is 5.28. The van der Waals surface area contributed by atoms with Gasteiger partial charge in [-0.15, -0.1) is 0 Å². The summed E-state index contributed by atoms with van der Waals surface area (Å²) in [4.78, 5) is 14.7. The fourth-order valence-corrected chi connectivity index (χ4v) is 3.48. The van der Waals surface area contributed by atoms with Crippen LogP contribution < -0.4 is 9.47 Å². The highest BCUT2D eigenvalue weighted by atomic mass is 16.5. The molecule has 3 aromatic rings. The maximum Gasteiger partial charge on any atom is 0.253 e. The van der Waals surface area contributed by atoms with Crippen LogP contribution in [0.25, 0.3) is 0 Å². The number of nitrogens with zero attached hydrogens (tertiary/aromatic N) is 1. The van der Waals surface area contributed by atoms with E-state index >= 15 is 0 Å². The number of hydrogen-bond acceptors (Lipinski definition) is 3. The molecule has 0 spiro atoms. The van der Waals surface area contributed by atoms with Crippen LogP contribution in [0.5, 0.6) is 11.5 Å². The van der Waals surface area contributed by atoms with Crippen LogP contribution in [0.15, 0.2) is 60.7 Å². The first-order chi connectivity index (χ1) is 14.4. The summed E-state index contributed by atoms with van der Waals surface area (Å²) >= 11 is 0. The van der Waals surface area contributed by atoms with Gasteiger partial charge in [-0.1, -0.05) is 36.4 Å². The van der Waals surface area contributed by atoms with Gasteiger partial charge >= 0.3 is 0 Å². The predicted molar refractivity (Wildman–Crippen MR) is 120 cm³/mol. The molecule has 0 aliphatic rings. The Morgan fingerprint density at radius 3 is 2.37 bits per heavy atom. The van der Waals surface area contributed by atoms with Gasteiger partial charge in [-0.3, -0.25) is 4.79 Å². The van der Waals surface area contributed by atoms with E-state index in [0.29, 0.717) is 24.5 Å². The molecule has 0 aromatic heterocycles. The molecule has 0 N–H and O–H groups in total. The number of hydrogen-bond donors (Lipinski definition) is 0. The van der Waals surface area contributed by atoms with Crippen molar-refractivity contribution >= 4 is 5.91 Å². The smallest absolute Gasteiger partial charge is 0.253 e. The lowest BCUT2D eigenvalue weighted by molar-refractivity contribution is 0.0785. The Hall–Kier alpha value is -3.27. The molecule has 3 rings (SSSR count). The minimum absolute atomic E-state index is 0.0367. The molecule has 0 aliphatic heterocycles. The second-order valence-electron chi connectivity index (χ2n) is 7.67. The van der Waals surface area contributed by atoms with Gasteiger partial charge < -0.3 is 14.4 Å². The average Bonchev–Trinajstić information content (AvgIpc) is 2.75. The van der Waals surface area contributed by atoms with E-state index in [0.717, 1.165) is 28.0 Å². The van der Waals surface area contributed by atoms with Crippen molar-refractivity contribution in [3.05, 3.63) is 94.0 Å². The van der Waals surface area contributed by atoms with E-state index in [1.165, 1.54) is 5.56 Å². The third kappa shape index (κ3) is 5.01. The lowest BCUT2D eigenvalue weighted by atomic mass is 10.1. The lowest BCUT2D eigenvalue weighted by Gasteiger charge is -2.19. The normalized spacial score (nSPS) is 10.6. The predicted octanol–water partition coefficient (Wildman–Crippen LogP) is 5.47. The summed E-state index contributed by atoms with van der Waals surface area (Å²) < 4.78 is 11.6. The number of rotatable bonds is 7. The van der Waals surface area contributed by atoms with Crippen molar-refractivity contribution in [2.24, 2.45) is 0 Å². The highest BCUT2D eigenvalue weighted by molar-refractivity contribution is 5.94. The quantitative estimate of drug-likeness (QED) is 0.525. The standard InChI is InChI=1S/C26H29NO3/c1-18-13-19(2)20(3)25(14-18)30-17-23-15-22(11-12-24(23)29-5)26(28)27(4)16-21-9-7-6-8-10-21/h6-15H,16-17H2,1-5H3. The minimum atomic E-state index is -0.0367. The number of methoxy groups -OCH3 is 1. The second-order valence-corrected chi connectivity index (χ2v) is 7.67. The molecule has 0 fully saturated rings. The molecular formula is C26H29NO3. The Morgan fingerprint density at radius 1 is 0.933 bits per heavy atom. The first kappa shape index (κ1) is 21.4. The third-order valence-corrected chi connectivity index (χ3v) is 5.28. The topological polar surface area (TPSA) is 38.8 Å². The van der Waals surface area contributed by atoms with Gasteiger partial charge in [0.05, 0.1) is 7.11 Å². The van der Waals surface area contributed by atoms with Gasteiger partial charge in [0.2, 0.25) is 0 Å². The van der Waals surface area contributed by atoms with Crippen LogP contribution in [-0.4, -0.2) is 25.0 Å². The van der Waals surface area contributed by atoms with E-state index < -0.39 is 0 Å². The largest absolute Gasteiger partial charge is 0.496 e. The van der Waals surface area contributed by atoms with Crippen LogP contribution in [-0.2, 0) is 13.2 Å². The van der Waals surface area contributed by atoms with Crippen molar-refractivity contribution in [2.75, 3.05) is 14.2 Å². The molecule has 4 heteroatoms. The van der Waals surface area contributed by atoms with Crippen LogP contribution >= 0.6 is 0 Å². The van der Waals surface area contributed by atoms with Crippen molar-refractivity contribution in [3.8, 4) is 11.5 Å². The molecule has 0 heterocycles. The Balaban J connectivity index is 1.79. The van der Waals surface area contributed by atoms with Crippen LogP contribution in [0, 0.1) is 20.8 Å². The van der Waals surface area contributed by atoms with Gasteiger partial charge in [0.15, 0.2) is 0 Å². The fourth-order valence-electron chi connectivity index (χ4n) is 3.48. The highest BCUT2D eigenvalue weighted by Gasteiger charge is 2.15. The molecule has 4 nitrogen and oxygen atoms in total. The Labute approximate surface area is 179 Å². The number of amides is 1. The summed E-state index contributed by atoms with van der Waals surface area (Å²) in [5.41, 5.74) is 6.03. The monoisotopic (exact) mass is 403 g/mol. The number of benzene rings is 3. The zero-order chi connectivity index (χ0) is 21.7. The van der Waals surface area contributed by atoms with Gasteiger partial charge in [0, 0.05) is 24.7 Å². The van der Waals surface area contributed by atoms with E-state index in [1.54, 1.807) is 18.1 Å². The Kier molecular flexibility index (Phi) is 6.78. The maximum absolute atomic E-state index is 13.0. The number of carbonyl (C=O) groups excluding carboxylic acids is 1. The first-order valence-electron chi connectivity index (χ1n) is 10.1. The van der Waals surface area contributed by atoms with Crippen molar-refractivity contribution in [1.29, 1.82) is 0 Å². The van der Waals surface area contributed by atoms with E-state index in [-0.39, 0.29) is 5.91 Å². The fraction of sp³-hybridized carbons (Fsp3) is 0.269. The van der Waals surface area contributed by atoms with Crippen molar-refractivity contribution in [1.82, 2.24) is 4.90 Å². The molecule has 0 bridgehead atoms. The van der Waals surface area contributed by atoms with Crippen LogP contribution in [0.1, 0.15) is 38.2 Å². The molecule has 0 atom stereocenters. The van der Waals surface area contributed by atoms with Crippen molar-refractivity contribution in [3.63, 3.8) is 0 Å². The van der Waals surface area contributed by atoms with E-state index in [9.17, 15) is 4.79 Å². The molecule has 3 aromatic carbocycles. The summed E-state index contributed by atoms with van der Waals surface area (Å²) in [5, 5.41) is 0. The van der Waals surface area contributed by atoms with Crippen molar-refractivity contribution < 1.29 is 14.3 Å². The summed E-state index contributed by atoms with van der Waals surface area (Å²) in [6.07, 6.45) is 0. The summed E-state index contributed by atoms with van der Waals surface area (Å²) in [6, 6.07) is 19.6. The van der Waals surface area contributed by atoms with Crippen LogP contribution in [0.2, 0.25) is 0 Å². The Morgan fingerprint density at radius 2 is 1.67 bits per heavy atom. The molecule has 0 aliphatic carbocycles. The molecule has 1 amide bonds. The van der Waals surface area contributed by atoms with E-state index in [4.69, 9.17) is 9.47 Å². The second kappa shape index (κ2) is 9.49. The maximum atomic E-state index is 13.0. The lowest BCUT2D eigenvalue weighted by Crippen LogP contribution is -2.26. The zero-order valence-corrected chi connectivity index (χ0v) is 18.4. The van der Waals surface area contributed by atoms with Crippen LogP contribution in [0.3, 0.4) is 0 Å². The molecule has 156 valence electrons. The van der Waals surface area contributed by atoms with Gasteiger partial charge in [-0.25, -0.2) is 0 Å².